The molecule has 0 heterocycles. The Morgan fingerprint density at radius 3 is 2.30 bits per heavy atom. The summed E-state index contributed by atoms with van der Waals surface area (Å²) in [6, 6.07) is 18.0. The van der Waals surface area contributed by atoms with Crippen molar-refractivity contribution in [3.63, 3.8) is 0 Å². The molecule has 0 saturated carbocycles. The van der Waals surface area contributed by atoms with E-state index in [4.69, 9.17) is 0 Å². The van der Waals surface area contributed by atoms with E-state index in [1.165, 1.54) is 25.1 Å². The van der Waals surface area contributed by atoms with Crippen LogP contribution in [0.2, 0.25) is 0 Å². The maximum atomic E-state index is 13.0. The Morgan fingerprint density at radius 2 is 1.63 bits per heavy atom. The molecule has 0 spiro atoms. The highest BCUT2D eigenvalue weighted by molar-refractivity contribution is 7.92. The number of nitrogens with one attached hydrogen (secondary N) is 3. The summed E-state index contributed by atoms with van der Waals surface area (Å²) in [6.07, 6.45) is 1.01. The highest BCUT2D eigenvalue weighted by Gasteiger charge is 2.18. The zero-order valence-electron chi connectivity index (χ0n) is 16.9. The van der Waals surface area contributed by atoms with E-state index in [1.54, 1.807) is 0 Å². The van der Waals surface area contributed by atoms with Crippen LogP contribution in [0.4, 0.5) is 11.4 Å². The van der Waals surface area contributed by atoms with Crippen LogP contribution in [0.5, 0.6) is 0 Å². The van der Waals surface area contributed by atoms with Crippen LogP contribution in [0.1, 0.15) is 35.8 Å². The van der Waals surface area contributed by atoms with Crippen molar-refractivity contribution in [3.8, 4) is 0 Å². The minimum absolute atomic E-state index is 0.110. The van der Waals surface area contributed by atoms with Crippen LogP contribution in [0.15, 0.2) is 60.7 Å². The van der Waals surface area contributed by atoms with Crippen molar-refractivity contribution in [2.24, 2.45) is 0 Å². The van der Waals surface area contributed by atoms with Gasteiger partial charge in [-0.2, -0.15) is 0 Å². The lowest BCUT2D eigenvalue weighted by Gasteiger charge is -2.18. The molecule has 3 aromatic rings. The van der Waals surface area contributed by atoms with E-state index in [2.05, 4.69) is 15.4 Å². The van der Waals surface area contributed by atoms with Crippen molar-refractivity contribution in [2.75, 3.05) is 16.3 Å². The largest absolute Gasteiger partial charge is 0.345 e. The van der Waals surface area contributed by atoms with Gasteiger partial charge in [-0.05, 0) is 47.5 Å². The van der Waals surface area contributed by atoms with Crippen molar-refractivity contribution >= 4 is 44.0 Å². The Morgan fingerprint density at radius 1 is 0.933 bits per heavy atom. The first-order valence-electron chi connectivity index (χ1n) is 9.31. The van der Waals surface area contributed by atoms with Crippen LogP contribution >= 0.6 is 0 Å². The van der Waals surface area contributed by atoms with Crippen LogP contribution in [0.3, 0.4) is 0 Å². The maximum Gasteiger partial charge on any atom is 0.253 e. The van der Waals surface area contributed by atoms with Gasteiger partial charge in [0.2, 0.25) is 15.9 Å². The first kappa shape index (κ1) is 21.3. The number of rotatable bonds is 6. The van der Waals surface area contributed by atoms with Gasteiger partial charge in [-0.3, -0.25) is 14.3 Å². The molecule has 0 radical (unpaired) electrons. The van der Waals surface area contributed by atoms with Crippen molar-refractivity contribution < 1.29 is 18.0 Å². The van der Waals surface area contributed by atoms with E-state index >= 15 is 0 Å². The number of anilines is 2. The van der Waals surface area contributed by atoms with Gasteiger partial charge in [0.15, 0.2) is 0 Å². The Labute approximate surface area is 175 Å². The molecule has 2 amide bonds. The molecule has 0 bridgehead atoms. The van der Waals surface area contributed by atoms with E-state index < -0.39 is 15.9 Å². The molecule has 0 aliphatic rings. The van der Waals surface area contributed by atoms with Crippen LogP contribution in [0, 0.1) is 0 Å². The van der Waals surface area contributed by atoms with Crippen LogP contribution in [-0.4, -0.2) is 26.5 Å². The second-order valence-electron chi connectivity index (χ2n) is 7.12. The molecular weight excluding hydrogens is 402 g/mol. The van der Waals surface area contributed by atoms with Crippen molar-refractivity contribution in [1.29, 1.82) is 0 Å². The van der Waals surface area contributed by atoms with Crippen molar-refractivity contribution in [1.82, 2.24) is 5.32 Å². The molecule has 7 nitrogen and oxygen atoms in total. The van der Waals surface area contributed by atoms with Crippen LogP contribution in [-0.2, 0) is 14.8 Å². The summed E-state index contributed by atoms with van der Waals surface area (Å²) in [5.41, 5.74) is 1.55. The Bertz CT molecular complexity index is 1220. The fourth-order valence-corrected chi connectivity index (χ4v) is 3.71. The third-order valence-electron chi connectivity index (χ3n) is 4.50. The number of hydrogen-bond donors (Lipinski definition) is 3. The molecule has 0 saturated heterocycles. The van der Waals surface area contributed by atoms with E-state index in [0.717, 1.165) is 22.6 Å². The first-order valence-corrected chi connectivity index (χ1v) is 11.2. The van der Waals surface area contributed by atoms with Gasteiger partial charge in [-0.25, -0.2) is 8.42 Å². The Hall–Kier alpha value is -3.39. The number of sulfonamides is 1. The molecule has 3 aromatic carbocycles. The van der Waals surface area contributed by atoms with Crippen LogP contribution in [0.25, 0.3) is 10.8 Å². The lowest BCUT2D eigenvalue weighted by molar-refractivity contribution is -0.114. The Kier molecular flexibility index (Phi) is 6.07. The van der Waals surface area contributed by atoms with E-state index in [1.807, 2.05) is 49.4 Å². The van der Waals surface area contributed by atoms with E-state index in [9.17, 15) is 18.0 Å². The molecule has 0 aliphatic carbocycles. The molecule has 156 valence electrons. The van der Waals surface area contributed by atoms with Gasteiger partial charge in [-0.15, -0.1) is 0 Å². The monoisotopic (exact) mass is 425 g/mol. The lowest BCUT2D eigenvalue weighted by Crippen LogP contribution is -2.28. The van der Waals surface area contributed by atoms with Gasteiger partial charge < -0.3 is 10.6 Å². The number of benzene rings is 3. The van der Waals surface area contributed by atoms with Gasteiger partial charge in [0.05, 0.1) is 23.5 Å². The topological polar surface area (TPSA) is 104 Å². The molecule has 1 atom stereocenters. The first-order chi connectivity index (χ1) is 14.1. The molecule has 8 heteroatoms. The highest BCUT2D eigenvalue weighted by Crippen LogP contribution is 2.24. The SMILES string of the molecule is CC(=O)Nc1ccc(NS(C)(=O)=O)c(C(=O)NC(C)c2ccc3ccccc3c2)c1. The highest BCUT2D eigenvalue weighted by atomic mass is 32.2. The average molecular weight is 426 g/mol. The lowest BCUT2D eigenvalue weighted by atomic mass is 10.0. The Balaban J connectivity index is 1.90. The summed E-state index contributed by atoms with van der Waals surface area (Å²) < 4.78 is 25.7. The molecular formula is C22H23N3O4S. The number of fused-ring (bicyclic) bond motifs is 1. The molecule has 3 rings (SSSR count). The second-order valence-corrected chi connectivity index (χ2v) is 8.87. The predicted molar refractivity (Wildman–Crippen MR) is 119 cm³/mol. The quantitative estimate of drug-likeness (QED) is 0.561. The van der Waals surface area contributed by atoms with Crippen LogP contribution < -0.4 is 15.4 Å². The smallest absolute Gasteiger partial charge is 0.253 e. The molecule has 0 fully saturated rings. The van der Waals surface area contributed by atoms with Gasteiger partial charge in [0.1, 0.15) is 0 Å². The number of carbonyl (C=O) groups is 2. The third-order valence-corrected chi connectivity index (χ3v) is 5.09. The average Bonchev–Trinajstić information content (AvgIpc) is 2.67. The summed E-state index contributed by atoms with van der Waals surface area (Å²) in [6.45, 7) is 3.20. The molecule has 3 N–H and O–H groups in total. The normalized spacial score (nSPS) is 12.2. The van der Waals surface area contributed by atoms with Gasteiger partial charge >= 0.3 is 0 Å². The maximum absolute atomic E-state index is 13.0. The zero-order valence-corrected chi connectivity index (χ0v) is 17.7. The fourth-order valence-electron chi connectivity index (χ4n) is 3.14. The third kappa shape index (κ3) is 5.36. The summed E-state index contributed by atoms with van der Waals surface area (Å²) in [5.74, 6) is -0.760. The minimum atomic E-state index is -3.59. The van der Waals surface area contributed by atoms with Gasteiger partial charge in [0.25, 0.3) is 5.91 Å². The fraction of sp³-hybridized carbons (Fsp3) is 0.182. The summed E-state index contributed by atoms with van der Waals surface area (Å²) in [5, 5.41) is 7.65. The predicted octanol–water partition coefficient (Wildman–Crippen LogP) is 3.66. The van der Waals surface area contributed by atoms with Crippen molar-refractivity contribution in [3.05, 3.63) is 71.8 Å². The zero-order chi connectivity index (χ0) is 21.9. The van der Waals surface area contributed by atoms with E-state index in [-0.39, 0.29) is 23.2 Å². The molecule has 1 unspecified atom stereocenters. The number of amides is 2. The summed E-state index contributed by atoms with van der Waals surface area (Å²) in [7, 11) is -3.59. The summed E-state index contributed by atoms with van der Waals surface area (Å²) in [4.78, 5) is 24.3. The second kappa shape index (κ2) is 8.54. The number of carbonyl (C=O) groups excluding carboxylic acids is 2. The minimum Gasteiger partial charge on any atom is -0.345 e. The summed E-state index contributed by atoms with van der Waals surface area (Å²) >= 11 is 0. The molecule has 0 aromatic heterocycles. The van der Waals surface area contributed by atoms with Gasteiger partial charge in [-0.1, -0.05) is 36.4 Å². The molecule has 0 aliphatic heterocycles. The molecule has 30 heavy (non-hydrogen) atoms. The van der Waals surface area contributed by atoms with E-state index in [0.29, 0.717) is 5.69 Å². The van der Waals surface area contributed by atoms with Crippen molar-refractivity contribution in [2.45, 2.75) is 19.9 Å². The standard InChI is InChI=1S/C22H23N3O4S/c1-14(17-9-8-16-6-4-5-7-18(16)12-17)23-22(27)20-13-19(24-15(2)26)10-11-21(20)25-30(3,28)29/h4-14,25H,1-3H3,(H,23,27)(H,24,26). The van der Waals surface area contributed by atoms with Gasteiger partial charge in [0, 0.05) is 12.6 Å². The number of hydrogen-bond acceptors (Lipinski definition) is 4.